The van der Waals surface area contributed by atoms with E-state index in [2.05, 4.69) is 23.0 Å². The summed E-state index contributed by atoms with van der Waals surface area (Å²) in [6.07, 6.45) is 1.89. The molecule has 1 aromatic carbocycles. The van der Waals surface area contributed by atoms with Gasteiger partial charge in [-0.05, 0) is 12.5 Å². The van der Waals surface area contributed by atoms with Gasteiger partial charge in [0.05, 0.1) is 6.20 Å². The van der Waals surface area contributed by atoms with E-state index in [4.69, 9.17) is 5.41 Å². The molecule has 2 heterocycles. The van der Waals surface area contributed by atoms with Crippen LogP contribution in [0, 0.1) is 12.3 Å². The third-order valence-electron chi connectivity index (χ3n) is 3.65. The van der Waals surface area contributed by atoms with E-state index in [-0.39, 0.29) is 0 Å². The van der Waals surface area contributed by atoms with Crippen molar-refractivity contribution in [3.63, 3.8) is 0 Å². The van der Waals surface area contributed by atoms with Crippen molar-refractivity contribution in [1.29, 1.82) is 5.41 Å². The van der Waals surface area contributed by atoms with E-state index in [0.29, 0.717) is 5.84 Å². The molecule has 1 aromatic heterocycles. The normalized spacial score (nSPS) is 14.1. The maximum absolute atomic E-state index is 8.21. The van der Waals surface area contributed by atoms with Crippen molar-refractivity contribution in [2.24, 2.45) is 7.05 Å². The van der Waals surface area contributed by atoms with Gasteiger partial charge in [-0.1, -0.05) is 24.3 Å². The van der Waals surface area contributed by atoms with E-state index in [9.17, 15) is 0 Å². The number of hydrogen-bond donors (Lipinski definition) is 1. The van der Waals surface area contributed by atoms with Gasteiger partial charge in [0.15, 0.2) is 0 Å². The highest BCUT2D eigenvalue weighted by molar-refractivity contribution is 6.00. The van der Waals surface area contributed by atoms with Crippen LogP contribution in [-0.2, 0) is 20.1 Å². The minimum absolute atomic E-state index is 0.619. The smallest absolute Gasteiger partial charge is 0.129 e. The van der Waals surface area contributed by atoms with Crippen LogP contribution in [0.15, 0.2) is 30.5 Å². The Morgan fingerprint density at radius 2 is 2.11 bits per heavy atom. The Hall–Kier alpha value is -2.10. The largest absolute Gasteiger partial charge is 0.348 e. The van der Waals surface area contributed by atoms with E-state index in [0.717, 1.165) is 18.7 Å². The van der Waals surface area contributed by atoms with Crippen molar-refractivity contribution in [3.05, 3.63) is 52.8 Å². The first-order chi connectivity index (χ1) is 8.66. The molecule has 0 spiro atoms. The molecule has 0 saturated heterocycles. The van der Waals surface area contributed by atoms with Crippen LogP contribution in [0.3, 0.4) is 0 Å². The first-order valence-electron chi connectivity index (χ1n) is 6.06. The number of fused-ring (bicyclic) bond motifs is 1. The molecule has 0 bridgehead atoms. The van der Waals surface area contributed by atoms with Crippen LogP contribution < -0.4 is 0 Å². The fourth-order valence-electron chi connectivity index (χ4n) is 2.38. The third-order valence-corrected chi connectivity index (χ3v) is 3.65. The fourth-order valence-corrected chi connectivity index (χ4v) is 2.38. The summed E-state index contributed by atoms with van der Waals surface area (Å²) in [5.74, 6) is 0.619. The number of nitrogens with one attached hydrogen (secondary N) is 1. The van der Waals surface area contributed by atoms with Crippen LogP contribution in [0.4, 0.5) is 0 Å². The van der Waals surface area contributed by atoms with Gasteiger partial charge in [0.1, 0.15) is 5.84 Å². The monoisotopic (exact) mass is 240 g/mol. The molecular weight excluding hydrogens is 224 g/mol. The second-order valence-electron chi connectivity index (χ2n) is 4.74. The number of aromatic nitrogens is 2. The van der Waals surface area contributed by atoms with Crippen LogP contribution >= 0.6 is 0 Å². The van der Waals surface area contributed by atoms with Crippen molar-refractivity contribution in [2.75, 3.05) is 0 Å². The van der Waals surface area contributed by atoms with Gasteiger partial charge in [-0.15, -0.1) is 0 Å². The lowest BCUT2D eigenvalue weighted by atomic mass is 10.1. The zero-order chi connectivity index (χ0) is 12.7. The Morgan fingerprint density at radius 3 is 2.78 bits per heavy atom. The molecular formula is C14H16N4. The molecule has 3 rings (SSSR count). The van der Waals surface area contributed by atoms with E-state index >= 15 is 0 Å². The summed E-state index contributed by atoms with van der Waals surface area (Å²) in [6, 6.07) is 8.14. The van der Waals surface area contributed by atoms with Crippen LogP contribution in [0.5, 0.6) is 0 Å². The first-order valence-corrected chi connectivity index (χ1v) is 6.06. The van der Waals surface area contributed by atoms with Crippen molar-refractivity contribution >= 4 is 5.84 Å². The Morgan fingerprint density at radius 1 is 1.33 bits per heavy atom. The topological polar surface area (TPSA) is 44.9 Å². The number of nitrogens with zero attached hydrogens (tertiary/aromatic N) is 3. The van der Waals surface area contributed by atoms with E-state index < -0.39 is 0 Å². The minimum atomic E-state index is 0.619. The van der Waals surface area contributed by atoms with Gasteiger partial charge in [-0.3, -0.25) is 10.1 Å². The molecule has 2 aromatic rings. The molecule has 0 radical (unpaired) electrons. The summed E-state index contributed by atoms with van der Waals surface area (Å²) in [4.78, 5) is 2.09. The average Bonchev–Trinajstić information content (AvgIpc) is 2.86. The van der Waals surface area contributed by atoms with Crippen LogP contribution in [0.2, 0.25) is 0 Å². The molecule has 0 amide bonds. The molecule has 0 fully saturated rings. The van der Waals surface area contributed by atoms with Crippen LogP contribution in [-0.4, -0.2) is 20.5 Å². The molecule has 0 saturated carbocycles. The van der Waals surface area contributed by atoms with Crippen molar-refractivity contribution in [3.8, 4) is 0 Å². The molecule has 0 aliphatic carbocycles. The molecule has 4 nitrogen and oxygen atoms in total. The molecule has 1 aliphatic heterocycles. The van der Waals surface area contributed by atoms with Gasteiger partial charge in [-0.2, -0.15) is 5.10 Å². The maximum atomic E-state index is 8.21. The van der Waals surface area contributed by atoms with E-state index in [1.165, 1.54) is 16.8 Å². The van der Waals surface area contributed by atoms with Gasteiger partial charge in [0, 0.05) is 37.0 Å². The van der Waals surface area contributed by atoms with Crippen molar-refractivity contribution in [1.82, 2.24) is 14.7 Å². The molecule has 92 valence electrons. The Labute approximate surface area is 106 Å². The van der Waals surface area contributed by atoms with Gasteiger partial charge in [0.25, 0.3) is 0 Å². The highest BCUT2D eigenvalue weighted by atomic mass is 15.3. The van der Waals surface area contributed by atoms with Gasteiger partial charge < -0.3 is 4.90 Å². The molecule has 1 N–H and O–H groups in total. The van der Waals surface area contributed by atoms with Crippen LogP contribution in [0.25, 0.3) is 0 Å². The quantitative estimate of drug-likeness (QED) is 0.873. The highest BCUT2D eigenvalue weighted by Crippen LogP contribution is 2.24. The first kappa shape index (κ1) is 11.0. The fraction of sp³-hybridized carbons (Fsp3) is 0.286. The Kier molecular flexibility index (Phi) is 2.44. The number of benzene rings is 1. The average molecular weight is 240 g/mol. The van der Waals surface area contributed by atoms with Crippen molar-refractivity contribution in [2.45, 2.75) is 20.0 Å². The number of amidine groups is 1. The molecule has 1 aliphatic rings. The summed E-state index contributed by atoms with van der Waals surface area (Å²) in [7, 11) is 1.95. The lowest BCUT2D eigenvalue weighted by Crippen LogP contribution is -2.23. The summed E-state index contributed by atoms with van der Waals surface area (Å²) < 4.78 is 1.88. The lowest BCUT2D eigenvalue weighted by molar-refractivity contribution is 0.421. The van der Waals surface area contributed by atoms with E-state index in [1.54, 1.807) is 0 Å². The second-order valence-corrected chi connectivity index (χ2v) is 4.74. The molecule has 4 heteroatoms. The number of aryl methyl sites for hydroxylation is 1. The zero-order valence-electron chi connectivity index (χ0n) is 10.6. The maximum Gasteiger partial charge on any atom is 0.129 e. The SMILES string of the molecule is Cc1c(CN2Cc3ccccc3C2=N)cnn1C. The predicted octanol–water partition coefficient (Wildman–Crippen LogP) is 2.07. The van der Waals surface area contributed by atoms with Gasteiger partial charge in [-0.25, -0.2) is 0 Å². The van der Waals surface area contributed by atoms with Crippen LogP contribution in [0.1, 0.15) is 22.4 Å². The number of rotatable bonds is 2. The summed E-state index contributed by atoms with van der Waals surface area (Å²) >= 11 is 0. The third kappa shape index (κ3) is 1.61. The van der Waals surface area contributed by atoms with Crippen molar-refractivity contribution < 1.29 is 0 Å². The second kappa shape index (κ2) is 3.98. The minimum Gasteiger partial charge on any atom is -0.348 e. The Balaban J connectivity index is 1.85. The number of hydrogen-bond acceptors (Lipinski definition) is 2. The summed E-state index contributed by atoms with van der Waals surface area (Å²) in [5, 5.41) is 12.5. The lowest BCUT2D eigenvalue weighted by Gasteiger charge is -2.17. The zero-order valence-corrected chi connectivity index (χ0v) is 10.6. The highest BCUT2D eigenvalue weighted by Gasteiger charge is 2.24. The van der Waals surface area contributed by atoms with Gasteiger partial charge >= 0.3 is 0 Å². The van der Waals surface area contributed by atoms with Gasteiger partial charge in [0.2, 0.25) is 0 Å². The standard InChI is InChI=1S/C14H16N4/c1-10-12(7-16-17(10)2)9-18-8-11-5-3-4-6-13(11)14(18)15/h3-7,15H,8-9H2,1-2H3. The summed E-state index contributed by atoms with van der Waals surface area (Å²) in [6.45, 7) is 3.64. The molecule has 0 atom stereocenters. The summed E-state index contributed by atoms with van der Waals surface area (Å²) in [5.41, 5.74) is 4.65. The molecule has 0 unspecified atom stereocenters. The molecule has 18 heavy (non-hydrogen) atoms. The predicted molar refractivity (Wildman–Crippen MR) is 70.5 cm³/mol. The Bertz CT molecular complexity index is 612. The van der Waals surface area contributed by atoms with E-state index in [1.807, 2.05) is 36.1 Å².